The molecule has 1 aliphatic heterocycles. The molecule has 0 radical (unpaired) electrons. The van der Waals surface area contributed by atoms with Crippen LogP contribution in [-0.4, -0.2) is 30.3 Å². The van der Waals surface area contributed by atoms with Gasteiger partial charge in [-0.3, -0.25) is 9.78 Å². The maximum absolute atomic E-state index is 13.1. The van der Waals surface area contributed by atoms with E-state index >= 15 is 0 Å². The summed E-state index contributed by atoms with van der Waals surface area (Å²) in [4.78, 5) is 17.2. The molecule has 0 spiro atoms. The second kappa shape index (κ2) is 6.84. The molecular weight excluding hydrogens is 335 g/mol. The predicted octanol–water partition coefficient (Wildman–Crippen LogP) is 3.91. The molecule has 1 aromatic carbocycles. The molecule has 0 saturated carbocycles. The fraction of sp³-hybridized carbons (Fsp3) is 0.333. The van der Waals surface area contributed by atoms with Gasteiger partial charge >= 0.3 is 6.36 Å². The average Bonchev–Trinajstić information content (AvgIpc) is 2.62. The van der Waals surface area contributed by atoms with E-state index < -0.39 is 11.8 Å². The van der Waals surface area contributed by atoms with Crippen molar-refractivity contribution in [3.63, 3.8) is 0 Å². The van der Waals surface area contributed by atoms with E-state index in [-0.39, 0.29) is 11.5 Å². The van der Waals surface area contributed by atoms with E-state index in [2.05, 4.69) is 9.72 Å². The summed E-state index contributed by atoms with van der Waals surface area (Å²) in [6, 6.07) is 10.6. The lowest BCUT2D eigenvalue weighted by molar-refractivity contribution is -0.274. The van der Waals surface area contributed by atoms with E-state index in [1.165, 1.54) is 24.3 Å². The van der Waals surface area contributed by atoms with Gasteiger partial charge in [0, 0.05) is 19.4 Å². The lowest BCUT2D eigenvalue weighted by Gasteiger charge is -2.36. The van der Waals surface area contributed by atoms with Crippen LogP contribution < -0.4 is 4.74 Å². The van der Waals surface area contributed by atoms with Crippen molar-refractivity contribution < 1.29 is 27.4 Å². The Morgan fingerprint density at radius 2 is 1.76 bits per heavy atom. The lowest BCUT2D eigenvalue weighted by atomic mass is 9.70. The summed E-state index contributed by atoms with van der Waals surface area (Å²) < 4.78 is 46.2. The van der Waals surface area contributed by atoms with E-state index in [0.717, 1.165) is 0 Å². The molecule has 0 bridgehead atoms. The summed E-state index contributed by atoms with van der Waals surface area (Å²) in [5, 5.41) is 0. The first kappa shape index (κ1) is 17.4. The highest BCUT2D eigenvalue weighted by molar-refractivity contribution is 6.02. The van der Waals surface area contributed by atoms with E-state index in [1.807, 2.05) is 0 Å². The van der Waals surface area contributed by atoms with Crippen LogP contribution in [0.4, 0.5) is 13.2 Å². The van der Waals surface area contributed by atoms with Crippen LogP contribution in [0.2, 0.25) is 0 Å². The van der Waals surface area contributed by atoms with Gasteiger partial charge in [-0.2, -0.15) is 0 Å². The van der Waals surface area contributed by atoms with Gasteiger partial charge in [0.15, 0.2) is 5.78 Å². The number of hydrogen-bond donors (Lipinski definition) is 0. The molecule has 132 valence electrons. The summed E-state index contributed by atoms with van der Waals surface area (Å²) in [5.41, 5.74) is 0.115. The van der Waals surface area contributed by atoms with Crippen LogP contribution in [0.3, 0.4) is 0 Å². The molecule has 2 aromatic rings. The number of hydrogen-bond acceptors (Lipinski definition) is 4. The van der Waals surface area contributed by atoms with Gasteiger partial charge in [-0.05, 0) is 42.7 Å². The van der Waals surface area contributed by atoms with Crippen LogP contribution in [0, 0.1) is 0 Å². The molecule has 1 aliphatic rings. The number of ketones is 1. The number of carbonyl (C=O) groups excluding carboxylic acids is 1. The summed E-state index contributed by atoms with van der Waals surface area (Å²) in [5.74, 6) is -0.468. The molecule has 25 heavy (non-hydrogen) atoms. The van der Waals surface area contributed by atoms with Crippen molar-refractivity contribution in [2.45, 2.75) is 24.6 Å². The van der Waals surface area contributed by atoms with Gasteiger partial charge in [0.05, 0.1) is 5.41 Å². The lowest BCUT2D eigenvalue weighted by Crippen LogP contribution is -2.41. The molecule has 1 aromatic heterocycles. The first-order valence-electron chi connectivity index (χ1n) is 7.81. The van der Waals surface area contributed by atoms with Crippen molar-refractivity contribution in [2.75, 3.05) is 13.2 Å². The fourth-order valence-corrected chi connectivity index (χ4v) is 3.08. The molecule has 0 aliphatic carbocycles. The topological polar surface area (TPSA) is 48.4 Å². The van der Waals surface area contributed by atoms with Gasteiger partial charge in [0.25, 0.3) is 0 Å². The molecule has 1 saturated heterocycles. The van der Waals surface area contributed by atoms with Gasteiger partial charge in [-0.25, -0.2) is 0 Å². The molecule has 0 amide bonds. The normalized spacial score (nSPS) is 17.1. The number of rotatable bonds is 4. The third-order valence-corrected chi connectivity index (χ3v) is 4.32. The number of pyridine rings is 1. The molecule has 0 atom stereocenters. The standard InChI is InChI=1S/C18H16F3NO3/c19-18(20,21)25-14-6-4-13(5-7-14)17(8-11-24-12-9-17)16(23)15-3-1-2-10-22-15/h1-7,10H,8-9,11-12H2. The van der Waals surface area contributed by atoms with Crippen LogP contribution >= 0.6 is 0 Å². The van der Waals surface area contributed by atoms with Crippen molar-refractivity contribution in [1.29, 1.82) is 0 Å². The van der Waals surface area contributed by atoms with E-state index in [0.29, 0.717) is 37.3 Å². The number of carbonyl (C=O) groups is 1. The molecule has 1 fully saturated rings. The highest BCUT2D eigenvalue weighted by Crippen LogP contribution is 2.38. The van der Waals surface area contributed by atoms with E-state index in [9.17, 15) is 18.0 Å². The number of ether oxygens (including phenoxy) is 2. The van der Waals surface area contributed by atoms with Crippen LogP contribution in [0.15, 0.2) is 48.7 Å². The summed E-state index contributed by atoms with van der Waals surface area (Å²) >= 11 is 0. The van der Waals surface area contributed by atoms with E-state index in [1.54, 1.807) is 24.4 Å². The van der Waals surface area contributed by atoms with Crippen LogP contribution in [0.5, 0.6) is 5.75 Å². The largest absolute Gasteiger partial charge is 0.573 e. The number of halogens is 3. The van der Waals surface area contributed by atoms with Crippen LogP contribution in [0.25, 0.3) is 0 Å². The van der Waals surface area contributed by atoms with Crippen molar-refractivity contribution in [3.8, 4) is 5.75 Å². The van der Waals surface area contributed by atoms with Crippen molar-refractivity contribution >= 4 is 5.78 Å². The number of aromatic nitrogens is 1. The molecule has 3 rings (SSSR count). The summed E-state index contributed by atoms with van der Waals surface area (Å²) in [6.07, 6.45) is -2.31. The Bertz CT molecular complexity index is 723. The third-order valence-electron chi connectivity index (χ3n) is 4.32. The van der Waals surface area contributed by atoms with Gasteiger partial charge < -0.3 is 9.47 Å². The highest BCUT2D eigenvalue weighted by atomic mass is 19.4. The zero-order valence-electron chi connectivity index (χ0n) is 13.3. The Balaban J connectivity index is 1.94. The Hall–Kier alpha value is -2.41. The third kappa shape index (κ3) is 3.82. The quantitative estimate of drug-likeness (QED) is 0.784. The molecule has 0 unspecified atom stereocenters. The Morgan fingerprint density at radius 1 is 1.08 bits per heavy atom. The fourth-order valence-electron chi connectivity index (χ4n) is 3.08. The van der Waals surface area contributed by atoms with Crippen molar-refractivity contribution in [2.24, 2.45) is 0 Å². The SMILES string of the molecule is O=C(c1ccccn1)C1(c2ccc(OC(F)(F)F)cc2)CCOCC1. The van der Waals surface area contributed by atoms with Gasteiger partial charge in [0.1, 0.15) is 11.4 Å². The van der Waals surface area contributed by atoms with Gasteiger partial charge in [-0.15, -0.1) is 13.2 Å². The second-order valence-electron chi connectivity index (χ2n) is 5.81. The van der Waals surface area contributed by atoms with Crippen molar-refractivity contribution in [1.82, 2.24) is 4.98 Å². The number of alkyl halides is 3. The Morgan fingerprint density at radius 3 is 2.32 bits per heavy atom. The average molecular weight is 351 g/mol. The highest BCUT2D eigenvalue weighted by Gasteiger charge is 2.42. The molecule has 7 heteroatoms. The van der Waals surface area contributed by atoms with Crippen LogP contribution in [0.1, 0.15) is 28.9 Å². The number of nitrogens with zero attached hydrogens (tertiary/aromatic N) is 1. The van der Waals surface area contributed by atoms with Crippen LogP contribution in [-0.2, 0) is 10.2 Å². The minimum atomic E-state index is -4.75. The second-order valence-corrected chi connectivity index (χ2v) is 5.81. The zero-order chi connectivity index (χ0) is 17.9. The van der Waals surface area contributed by atoms with Gasteiger partial charge in [0.2, 0.25) is 0 Å². The Kier molecular flexibility index (Phi) is 4.76. The smallest absolute Gasteiger partial charge is 0.406 e. The number of Topliss-reactive ketones (excluding diaryl/α,β-unsaturated/α-hetero) is 1. The molecule has 2 heterocycles. The maximum Gasteiger partial charge on any atom is 0.573 e. The monoisotopic (exact) mass is 351 g/mol. The first-order chi connectivity index (χ1) is 11.9. The zero-order valence-corrected chi connectivity index (χ0v) is 13.3. The predicted molar refractivity (Wildman–Crippen MR) is 83.4 cm³/mol. The van der Waals surface area contributed by atoms with Crippen molar-refractivity contribution in [3.05, 3.63) is 59.9 Å². The van der Waals surface area contributed by atoms with Gasteiger partial charge in [-0.1, -0.05) is 18.2 Å². The number of benzene rings is 1. The maximum atomic E-state index is 13.1. The molecule has 0 N–H and O–H groups in total. The summed E-state index contributed by atoms with van der Waals surface area (Å²) in [7, 11) is 0. The Labute approximate surface area is 142 Å². The van der Waals surface area contributed by atoms with E-state index in [4.69, 9.17) is 4.74 Å². The molecule has 4 nitrogen and oxygen atoms in total. The first-order valence-corrected chi connectivity index (χ1v) is 7.81. The minimum Gasteiger partial charge on any atom is -0.406 e. The molecular formula is C18H16F3NO3. The summed E-state index contributed by atoms with van der Waals surface area (Å²) in [6.45, 7) is 0.804. The minimum absolute atomic E-state index is 0.152.